The number of rotatable bonds is 6. The van der Waals surface area contributed by atoms with Crippen molar-refractivity contribution >= 4 is 5.91 Å². The zero-order valence-corrected chi connectivity index (χ0v) is 12.4. The number of benzene rings is 1. The number of carbonyl (C=O) groups excluding carboxylic acids is 1. The number of H-pyrrole nitrogens is 1. The number of likely N-dealkylation sites (N-methyl/N-ethyl adjacent to an activating group) is 1. The van der Waals surface area contributed by atoms with Crippen LogP contribution in [0.1, 0.15) is 23.6 Å². The summed E-state index contributed by atoms with van der Waals surface area (Å²) in [7, 11) is 1.72. The molecule has 2 aromatic rings. The maximum atomic E-state index is 12.2. The largest absolute Gasteiger partial charge is 0.337 e. The first kappa shape index (κ1) is 15.2. The van der Waals surface area contributed by atoms with Gasteiger partial charge in [-0.1, -0.05) is 30.3 Å². The molecule has 1 amide bonds. The molecule has 6 nitrogen and oxygen atoms in total. The minimum Gasteiger partial charge on any atom is -0.337 e. The number of nitrogens with one attached hydrogen (secondary N) is 1. The van der Waals surface area contributed by atoms with Crippen molar-refractivity contribution in [1.82, 2.24) is 20.1 Å². The van der Waals surface area contributed by atoms with Crippen molar-refractivity contribution in [2.24, 2.45) is 5.73 Å². The van der Waals surface area contributed by atoms with Crippen LogP contribution in [-0.4, -0.2) is 39.1 Å². The Balaban J connectivity index is 1.83. The Hall–Kier alpha value is -2.21. The fourth-order valence-electron chi connectivity index (χ4n) is 2.12. The third kappa shape index (κ3) is 4.39. The molecule has 6 heteroatoms. The zero-order valence-electron chi connectivity index (χ0n) is 12.4. The standard InChI is InChI=1S/C15H21N5O/c1-11-17-14(19-18-11)10-20(2)15(21)13(16)9-8-12-6-4-3-5-7-12/h3-7,13H,8-10,16H2,1-2H3,(H,17,18,19)/t13-/m0/s1. The quantitative estimate of drug-likeness (QED) is 0.830. The highest BCUT2D eigenvalue weighted by molar-refractivity contribution is 5.81. The molecular weight excluding hydrogens is 266 g/mol. The molecule has 1 aromatic carbocycles. The van der Waals surface area contributed by atoms with Crippen LogP contribution in [0.15, 0.2) is 30.3 Å². The van der Waals surface area contributed by atoms with Gasteiger partial charge in [-0.25, -0.2) is 4.98 Å². The molecular formula is C15H21N5O. The van der Waals surface area contributed by atoms with Crippen molar-refractivity contribution in [1.29, 1.82) is 0 Å². The number of aryl methyl sites for hydroxylation is 2. The van der Waals surface area contributed by atoms with E-state index in [1.807, 2.05) is 37.3 Å². The summed E-state index contributed by atoms with van der Waals surface area (Å²) in [5.74, 6) is 1.24. The highest BCUT2D eigenvalue weighted by atomic mass is 16.2. The molecule has 0 bridgehead atoms. The summed E-state index contributed by atoms with van der Waals surface area (Å²) in [6.45, 7) is 2.19. The van der Waals surface area contributed by atoms with E-state index in [0.29, 0.717) is 18.8 Å². The van der Waals surface area contributed by atoms with Gasteiger partial charge in [0.15, 0.2) is 5.82 Å². The lowest BCUT2D eigenvalue weighted by Gasteiger charge is -2.20. The molecule has 3 N–H and O–H groups in total. The number of amides is 1. The van der Waals surface area contributed by atoms with E-state index in [9.17, 15) is 4.79 Å². The Labute approximate surface area is 124 Å². The molecule has 1 heterocycles. The van der Waals surface area contributed by atoms with Crippen LogP contribution in [0.25, 0.3) is 0 Å². The van der Waals surface area contributed by atoms with Crippen LogP contribution in [0, 0.1) is 6.92 Å². The Bertz CT molecular complexity index is 581. The number of nitrogens with zero attached hydrogens (tertiary/aromatic N) is 3. The minimum absolute atomic E-state index is 0.0895. The van der Waals surface area contributed by atoms with Gasteiger partial charge in [0.2, 0.25) is 5.91 Å². The average Bonchev–Trinajstić information content (AvgIpc) is 2.90. The van der Waals surface area contributed by atoms with Crippen molar-refractivity contribution in [3.8, 4) is 0 Å². The van der Waals surface area contributed by atoms with Crippen LogP contribution >= 0.6 is 0 Å². The summed E-state index contributed by atoms with van der Waals surface area (Å²) in [5, 5.41) is 6.78. The van der Waals surface area contributed by atoms with Crippen LogP contribution in [0.2, 0.25) is 0 Å². The van der Waals surface area contributed by atoms with Gasteiger partial charge in [-0.05, 0) is 25.3 Å². The second kappa shape index (κ2) is 6.99. The predicted molar refractivity (Wildman–Crippen MR) is 80.3 cm³/mol. The summed E-state index contributed by atoms with van der Waals surface area (Å²) in [6.07, 6.45) is 1.42. The maximum Gasteiger partial charge on any atom is 0.239 e. The molecule has 2 rings (SSSR count). The Morgan fingerprint density at radius 1 is 1.38 bits per heavy atom. The van der Waals surface area contributed by atoms with Crippen LogP contribution in [0.4, 0.5) is 0 Å². The lowest BCUT2D eigenvalue weighted by molar-refractivity contribution is -0.132. The van der Waals surface area contributed by atoms with Crippen molar-refractivity contribution in [3.63, 3.8) is 0 Å². The van der Waals surface area contributed by atoms with E-state index in [1.165, 1.54) is 5.56 Å². The molecule has 0 aliphatic carbocycles. The number of hydrogen-bond donors (Lipinski definition) is 2. The average molecular weight is 287 g/mol. The molecule has 0 saturated carbocycles. The second-order valence-corrected chi connectivity index (χ2v) is 5.16. The molecule has 0 aliphatic rings. The SMILES string of the molecule is Cc1nc(CN(C)C(=O)[C@@H](N)CCc2ccccc2)n[nH]1. The van der Waals surface area contributed by atoms with Crippen molar-refractivity contribution in [2.45, 2.75) is 32.4 Å². The Morgan fingerprint density at radius 2 is 2.10 bits per heavy atom. The lowest BCUT2D eigenvalue weighted by Crippen LogP contribution is -2.41. The van der Waals surface area contributed by atoms with Gasteiger partial charge in [0, 0.05) is 7.05 Å². The van der Waals surface area contributed by atoms with Crippen molar-refractivity contribution in [3.05, 3.63) is 47.5 Å². The summed E-state index contributed by atoms with van der Waals surface area (Å²) >= 11 is 0. The Kier molecular flexibility index (Phi) is 5.05. The molecule has 1 atom stereocenters. The molecule has 0 unspecified atom stereocenters. The number of nitrogens with two attached hydrogens (primary N) is 1. The third-order valence-corrected chi connectivity index (χ3v) is 3.30. The van der Waals surface area contributed by atoms with E-state index in [1.54, 1.807) is 11.9 Å². The Morgan fingerprint density at radius 3 is 2.71 bits per heavy atom. The molecule has 21 heavy (non-hydrogen) atoms. The molecule has 0 aliphatic heterocycles. The van der Waals surface area contributed by atoms with Gasteiger partial charge < -0.3 is 10.6 Å². The van der Waals surface area contributed by atoms with E-state index in [2.05, 4.69) is 15.2 Å². The first-order valence-electron chi connectivity index (χ1n) is 6.98. The fourth-order valence-corrected chi connectivity index (χ4v) is 2.12. The fraction of sp³-hybridized carbons (Fsp3) is 0.400. The molecule has 0 spiro atoms. The molecule has 112 valence electrons. The van der Waals surface area contributed by atoms with Gasteiger partial charge in [0.1, 0.15) is 5.82 Å². The van der Waals surface area contributed by atoms with E-state index < -0.39 is 6.04 Å². The second-order valence-electron chi connectivity index (χ2n) is 5.16. The van der Waals surface area contributed by atoms with Crippen LogP contribution in [-0.2, 0) is 17.8 Å². The highest BCUT2D eigenvalue weighted by Crippen LogP contribution is 2.06. The maximum absolute atomic E-state index is 12.2. The van der Waals surface area contributed by atoms with Gasteiger partial charge in [0.25, 0.3) is 0 Å². The molecule has 0 radical (unpaired) electrons. The lowest BCUT2D eigenvalue weighted by atomic mass is 10.1. The van der Waals surface area contributed by atoms with E-state index >= 15 is 0 Å². The number of hydrogen-bond acceptors (Lipinski definition) is 4. The summed E-state index contributed by atoms with van der Waals surface area (Å²) in [6, 6.07) is 9.52. The van der Waals surface area contributed by atoms with E-state index in [0.717, 1.165) is 12.2 Å². The van der Waals surface area contributed by atoms with Crippen molar-refractivity contribution in [2.75, 3.05) is 7.05 Å². The zero-order chi connectivity index (χ0) is 15.2. The molecule has 0 fully saturated rings. The summed E-state index contributed by atoms with van der Waals surface area (Å²) in [5.41, 5.74) is 7.17. The van der Waals surface area contributed by atoms with E-state index in [-0.39, 0.29) is 5.91 Å². The van der Waals surface area contributed by atoms with Gasteiger partial charge in [-0.15, -0.1) is 0 Å². The van der Waals surface area contributed by atoms with Crippen LogP contribution in [0.5, 0.6) is 0 Å². The van der Waals surface area contributed by atoms with E-state index in [4.69, 9.17) is 5.73 Å². The predicted octanol–water partition coefficient (Wildman–Crippen LogP) is 1.03. The number of aromatic amines is 1. The van der Waals surface area contributed by atoms with Crippen LogP contribution < -0.4 is 5.73 Å². The van der Waals surface area contributed by atoms with Gasteiger partial charge >= 0.3 is 0 Å². The van der Waals surface area contributed by atoms with Gasteiger partial charge in [-0.3, -0.25) is 9.89 Å². The first-order valence-corrected chi connectivity index (χ1v) is 6.98. The number of aromatic nitrogens is 3. The monoisotopic (exact) mass is 287 g/mol. The van der Waals surface area contributed by atoms with Gasteiger partial charge in [-0.2, -0.15) is 5.10 Å². The van der Waals surface area contributed by atoms with Crippen molar-refractivity contribution < 1.29 is 4.79 Å². The smallest absolute Gasteiger partial charge is 0.239 e. The summed E-state index contributed by atoms with van der Waals surface area (Å²) < 4.78 is 0. The number of carbonyl (C=O) groups is 1. The van der Waals surface area contributed by atoms with Gasteiger partial charge in [0.05, 0.1) is 12.6 Å². The van der Waals surface area contributed by atoms with Crippen LogP contribution in [0.3, 0.4) is 0 Å². The molecule has 0 saturated heterocycles. The molecule has 1 aromatic heterocycles. The highest BCUT2D eigenvalue weighted by Gasteiger charge is 2.19. The summed E-state index contributed by atoms with van der Waals surface area (Å²) in [4.78, 5) is 18.0. The minimum atomic E-state index is -0.504. The normalized spacial score (nSPS) is 12.1. The first-order chi connectivity index (χ1) is 10.1. The third-order valence-electron chi connectivity index (χ3n) is 3.30. The topological polar surface area (TPSA) is 87.9 Å².